The second-order valence-corrected chi connectivity index (χ2v) is 4.35. The van der Waals surface area contributed by atoms with Crippen LogP contribution >= 0.6 is 0 Å². The van der Waals surface area contributed by atoms with Crippen LogP contribution < -0.4 is 5.32 Å². The Kier molecular flexibility index (Phi) is 3.05. The van der Waals surface area contributed by atoms with Crippen LogP contribution in [-0.2, 0) is 11.2 Å². The molecule has 1 N–H and O–H groups in total. The molecule has 0 spiro atoms. The quantitative estimate of drug-likeness (QED) is 0.796. The zero-order valence-corrected chi connectivity index (χ0v) is 9.07. The van der Waals surface area contributed by atoms with Crippen LogP contribution in [0.2, 0.25) is 0 Å². The molecule has 15 heavy (non-hydrogen) atoms. The van der Waals surface area contributed by atoms with Crippen LogP contribution in [0.25, 0.3) is 0 Å². The van der Waals surface area contributed by atoms with Gasteiger partial charge >= 0.3 is 0 Å². The van der Waals surface area contributed by atoms with Crippen LogP contribution in [0.4, 0.5) is 0 Å². The Morgan fingerprint density at radius 3 is 2.67 bits per heavy atom. The summed E-state index contributed by atoms with van der Waals surface area (Å²) in [4.78, 5) is 11.5. The maximum Gasteiger partial charge on any atom is 0.223 e. The van der Waals surface area contributed by atoms with E-state index in [0.29, 0.717) is 11.8 Å². The number of carbonyl (C=O) groups excluding carboxylic acids is 1. The lowest BCUT2D eigenvalue weighted by atomic mass is 10.1. The molecule has 2 rings (SSSR count). The summed E-state index contributed by atoms with van der Waals surface area (Å²) < 4.78 is 0. The van der Waals surface area contributed by atoms with Crippen LogP contribution in [0, 0.1) is 11.8 Å². The van der Waals surface area contributed by atoms with E-state index in [2.05, 4.69) is 24.4 Å². The number of nitrogens with one attached hydrogen (secondary N) is 1. The van der Waals surface area contributed by atoms with E-state index in [4.69, 9.17) is 0 Å². The van der Waals surface area contributed by atoms with Crippen LogP contribution in [0.15, 0.2) is 30.3 Å². The van der Waals surface area contributed by atoms with Crippen LogP contribution in [0.1, 0.15) is 18.9 Å². The summed E-state index contributed by atoms with van der Waals surface area (Å²) in [6, 6.07) is 10.2. The summed E-state index contributed by atoms with van der Waals surface area (Å²) in [5.41, 5.74) is 1.28. The molecule has 0 heterocycles. The fourth-order valence-electron chi connectivity index (χ4n) is 1.79. The van der Waals surface area contributed by atoms with E-state index >= 15 is 0 Å². The first kappa shape index (κ1) is 10.2. The second-order valence-electron chi connectivity index (χ2n) is 4.35. The number of amides is 1. The fraction of sp³-hybridized carbons (Fsp3) is 0.462. The SMILES string of the molecule is C[C@H]1C[C@H]1C(=O)NCCc1ccccc1. The van der Waals surface area contributed by atoms with Gasteiger partial charge in [-0.1, -0.05) is 37.3 Å². The van der Waals surface area contributed by atoms with Gasteiger partial charge in [0.15, 0.2) is 0 Å². The summed E-state index contributed by atoms with van der Waals surface area (Å²) in [5.74, 6) is 1.13. The first-order valence-corrected chi connectivity index (χ1v) is 5.59. The highest BCUT2D eigenvalue weighted by atomic mass is 16.2. The molecule has 1 aliphatic carbocycles. The molecule has 0 aliphatic heterocycles. The molecule has 1 aromatic carbocycles. The molecule has 0 unspecified atom stereocenters. The Morgan fingerprint density at radius 2 is 2.07 bits per heavy atom. The third-order valence-electron chi connectivity index (χ3n) is 3.00. The maximum atomic E-state index is 11.5. The van der Waals surface area contributed by atoms with Crippen molar-refractivity contribution in [2.24, 2.45) is 11.8 Å². The molecule has 0 saturated heterocycles. The predicted octanol–water partition coefficient (Wildman–Crippen LogP) is 2.00. The van der Waals surface area contributed by atoms with Gasteiger partial charge in [-0.25, -0.2) is 0 Å². The number of carbonyl (C=O) groups is 1. The molecule has 0 radical (unpaired) electrons. The second kappa shape index (κ2) is 4.47. The number of benzene rings is 1. The van der Waals surface area contributed by atoms with Gasteiger partial charge in [0.2, 0.25) is 5.91 Å². The lowest BCUT2D eigenvalue weighted by Gasteiger charge is -2.04. The molecule has 1 saturated carbocycles. The summed E-state index contributed by atoms with van der Waals surface area (Å²) in [6.07, 6.45) is 1.99. The van der Waals surface area contributed by atoms with Crippen LogP contribution in [-0.4, -0.2) is 12.5 Å². The zero-order valence-electron chi connectivity index (χ0n) is 9.07. The van der Waals surface area contributed by atoms with Gasteiger partial charge < -0.3 is 5.32 Å². The van der Waals surface area contributed by atoms with Gasteiger partial charge in [0.05, 0.1) is 0 Å². The van der Waals surface area contributed by atoms with E-state index in [1.165, 1.54) is 5.56 Å². The topological polar surface area (TPSA) is 29.1 Å². The molecular weight excluding hydrogens is 186 g/mol. The van der Waals surface area contributed by atoms with E-state index in [0.717, 1.165) is 19.4 Å². The van der Waals surface area contributed by atoms with Crippen LogP contribution in [0.3, 0.4) is 0 Å². The third-order valence-corrected chi connectivity index (χ3v) is 3.00. The highest BCUT2D eigenvalue weighted by Gasteiger charge is 2.38. The van der Waals surface area contributed by atoms with Gasteiger partial charge in [0.25, 0.3) is 0 Å². The van der Waals surface area contributed by atoms with E-state index in [-0.39, 0.29) is 5.91 Å². The minimum absolute atomic E-state index is 0.235. The molecule has 1 aliphatic rings. The first-order chi connectivity index (χ1) is 7.27. The normalized spacial score (nSPS) is 23.5. The number of hydrogen-bond acceptors (Lipinski definition) is 1. The van der Waals surface area contributed by atoms with E-state index in [9.17, 15) is 4.79 Å². The third kappa shape index (κ3) is 2.82. The van der Waals surface area contributed by atoms with E-state index in [1.54, 1.807) is 0 Å². The summed E-state index contributed by atoms with van der Waals surface area (Å²) >= 11 is 0. The number of rotatable bonds is 4. The molecule has 1 fully saturated rings. The van der Waals surface area contributed by atoms with Gasteiger partial charge in [-0.15, -0.1) is 0 Å². The van der Waals surface area contributed by atoms with Crippen molar-refractivity contribution in [1.82, 2.24) is 5.32 Å². The highest BCUT2D eigenvalue weighted by Crippen LogP contribution is 2.37. The smallest absolute Gasteiger partial charge is 0.223 e. The van der Waals surface area contributed by atoms with Crippen molar-refractivity contribution in [1.29, 1.82) is 0 Å². The monoisotopic (exact) mass is 203 g/mol. The average molecular weight is 203 g/mol. The van der Waals surface area contributed by atoms with Gasteiger partial charge in [0, 0.05) is 12.5 Å². The predicted molar refractivity (Wildman–Crippen MR) is 60.4 cm³/mol. The van der Waals surface area contributed by atoms with Gasteiger partial charge in [-0.3, -0.25) is 4.79 Å². The Hall–Kier alpha value is -1.31. The van der Waals surface area contributed by atoms with Crippen molar-refractivity contribution in [2.45, 2.75) is 19.8 Å². The van der Waals surface area contributed by atoms with Crippen molar-refractivity contribution in [2.75, 3.05) is 6.54 Å². The summed E-state index contributed by atoms with van der Waals surface area (Å²) in [5, 5.41) is 2.98. The fourth-order valence-corrected chi connectivity index (χ4v) is 1.79. The van der Waals surface area contributed by atoms with E-state index < -0.39 is 0 Å². The standard InChI is InChI=1S/C13H17NO/c1-10-9-12(10)13(15)14-8-7-11-5-3-2-4-6-11/h2-6,10,12H,7-9H2,1H3,(H,14,15)/t10-,12+/m0/s1. The molecule has 0 bridgehead atoms. The van der Waals surface area contributed by atoms with Gasteiger partial charge in [-0.2, -0.15) is 0 Å². The van der Waals surface area contributed by atoms with Crippen molar-refractivity contribution < 1.29 is 4.79 Å². The molecule has 80 valence electrons. The van der Waals surface area contributed by atoms with Crippen molar-refractivity contribution in [3.63, 3.8) is 0 Å². The van der Waals surface area contributed by atoms with Crippen molar-refractivity contribution in [3.8, 4) is 0 Å². The largest absolute Gasteiger partial charge is 0.356 e. The Balaban J connectivity index is 1.69. The van der Waals surface area contributed by atoms with Gasteiger partial charge in [0.1, 0.15) is 0 Å². The Bertz CT molecular complexity index is 334. The summed E-state index contributed by atoms with van der Waals surface area (Å²) in [7, 11) is 0. The minimum Gasteiger partial charge on any atom is -0.356 e. The molecule has 2 heteroatoms. The molecule has 2 atom stereocenters. The molecule has 0 aromatic heterocycles. The zero-order chi connectivity index (χ0) is 10.7. The van der Waals surface area contributed by atoms with E-state index in [1.807, 2.05) is 18.2 Å². The lowest BCUT2D eigenvalue weighted by molar-refractivity contribution is -0.122. The Morgan fingerprint density at radius 1 is 1.40 bits per heavy atom. The Labute approximate surface area is 90.7 Å². The summed E-state index contributed by atoms with van der Waals surface area (Å²) in [6.45, 7) is 2.88. The van der Waals surface area contributed by atoms with Crippen molar-refractivity contribution in [3.05, 3.63) is 35.9 Å². The lowest BCUT2D eigenvalue weighted by Crippen LogP contribution is -2.27. The molecule has 1 aromatic rings. The van der Waals surface area contributed by atoms with Crippen LogP contribution in [0.5, 0.6) is 0 Å². The van der Waals surface area contributed by atoms with Gasteiger partial charge in [-0.05, 0) is 24.3 Å². The minimum atomic E-state index is 0.235. The molecule has 2 nitrogen and oxygen atoms in total. The van der Waals surface area contributed by atoms with Crippen molar-refractivity contribution >= 4 is 5.91 Å². The average Bonchev–Trinajstić information content (AvgIpc) is 2.97. The maximum absolute atomic E-state index is 11.5. The highest BCUT2D eigenvalue weighted by molar-refractivity contribution is 5.81. The molecular formula is C13H17NO. The number of hydrogen-bond donors (Lipinski definition) is 1. The molecule has 1 amide bonds. The first-order valence-electron chi connectivity index (χ1n) is 5.59.